The summed E-state index contributed by atoms with van der Waals surface area (Å²) in [5.41, 5.74) is 1.70. The van der Waals surface area contributed by atoms with E-state index in [1.807, 2.05) is 30.3 Å². The van der Waals surface area contributed by atoms with E-state index in [-0.39, 0.29) is 25.0 Å². The highest BCUT2D eigenvalue weighted by atomic mass is 19.1. The molecule has 0 bridgehead atoms. The maximum Gasteiger partial charge on any atom is 0.303 e. The van der Waals surface area contributed by atoms with Crippen molar-refractivity contribution >= 4 is 5.97 Å². The third kappa shape index (κ3) is 4.05. The second kappa shape index (κ2) is 7.77. The van der Waals surface area contributed by atoms with Gasteiger partial charge in [0.25, 0.3) is 0 Å². The van der Waals surface area contributed by atoms with E-state index in [4.69, 9.17) is 9.84 Å². The fraction of sp³-hybridized carbons (Fsp3) is 0.158. The van der Waals surface area contributed by atoms with Gasteiger partial charge in [0.05, 0.1) is 11.4 Å². The number of hydrogen-bond donors (Lipinski definition) is 1. The maximum atomic E-state index is 14.2. The minimum atomic E-state index is -1.03. The molecule has 26 heavy (non-hydrogen) atoms. The number of para-hydroxylation sites is 1. The topological polar surface area (TPSA) is 64.3 Å². The molecule has 0 fully saturated rings. The molecule has 3 rings (SSSR count). The molecule has 5 nitrogen and oxygen atoms in total. The van der Waals surface area contributed by atoms with Crippen LogP contribution in [0.3, 0.4) is 0 Å². The summed E-state index contributed by atoms with van der Waals surface area (Å²) in [7, 11) is 0. The Morgan fingerprint density at radius 2 is 1.81 bits per heavy atom. The molecule has 1 heterocycles. The van der Waals surface area contributed by atoms with E-state index in [1.54, 1.807) is 16.9 Å². The van der Waals surface area contributed by atoms with Gasteiger partial charge in [0.15, 0.2) is 17.4 Å². The van der Waals surface area contributed by atoms with E-state index in [0.29, 0.717) is 5.69 Å². The smallest absolute Gasteiger partial charge is 0.303 e. The first-order valence-electron chi connectivity index (χ1n) is 7.95. The molecule has 2 aromatic carbocycles. The highest BCUT2D eigenvalue weighted by Gasteiger charge is 2.15. The van der Waals surface area contributed by atoms with Crippen LogP contribution in [-0.4, -0.2) is 20.9 Å². The molecule has 0 radical (unpaired) electrons. The zero-order valence-electron chi connectivity index (χ0n) is 13.7. The molecule has 0 saturated carbocycles. The number of halogens is 2. The van der Waals surface area contributed by atoms with Gasteiger partial charge in [-0.05, 0) is 42.3 Å². The Kier molecular flexibility index (Phi) is 5.26. The molecule has 134 valence electrons. The molecule has 0 amide bonds. The van der Waals surface area contributed by atoms with Gasteiger partial charge >= 0.3 is 5.97 Å². The molecule has 0 aliphatic rings. The second-order valence-electron chi connectivity index (χ2n) is 5.64. The quantitative estimate of drug-likeness (QED) is 0.699. The van der Waals surface area contributed by atoms with Crippen LogP contribution < -0.4 is 4.74 Å². The first-order valence-corrected chi connectivity index (χ1v) is 7.95. The molecule has 1 N–H and O–H groups in total. The molecular formula is C19H16F2N2O3. The number of aryl methyl sites for hydroxylation is 1. The van der Waals surface area contributed by atoms with Crippen molar-refractivity contribution in [1.29, 1.82) is 0 Å². The predicted octanol–water partition coefficient (Wildman–Crippen LogP) is 3.75. The standard InChI is InChI=1S/C19H16F2N2O3/c20-16-10-13(6-7-18(24)25)11-17(21)19(16)26-12-15-8-9-22-23(15)14-4-2-1-3-5-14/h1-5,8-11H,6-7,12H2,(H,24,25). The number of carbonyl (C=O) groups is 1. The molecule has 0 spiro atoms. The van der Waals surface area contributed by atoms with Gasteiger partial charge in [-0.1, -0.05) is 18.2 Å². The highest BCUT2D eigenvalue weighted by Crippen LogP contribution is 2.25. The highest BCUT2D eigenvalue weighted by molar-refractivity contribution is 5.67. The number of hydrogen-bond acceptors (Lipinski definition) is 3. The number of rotatable bonds is 7. The normalized spacial score (nSPS) is 10.7. The molecule has 1 aromatic heterocycles. The largest absolute Gasteiger partial charge is 0.481 e. The lowest BCUT2D eigenvalue weighted by molar-refractivity contribution is -0.136. The zero-order valence-corrected chi connectivity index (χ0v) is 13.7. The van der Waals surface area contributed by atoms with E-state index in [9.17, 15) is 13.6 Å². The zero-order chi connectivity index (χ0) is 18.5. The Labute approximate surface area is 148 Å². The van der Waals surface area contributed by atoms with Crippen LogP contribution in [0.25, 0.3) is 5.69 Å². The summed E-state index contributed by atoms with van der Waals surface area (Å²) in [5, 5.41) is 12.8. The molecule has 0 saturated heterocycles. The summed E-state index contributed by atoms with van der Waals surface area (Å²) in [6.45, 7) is -0.0722. The Balaban J connectivity index is 1.75. The number of nitrogens with zero attached hydrogens (tertiary/aromatic N) is 2. The average Bonchev–Trinajstić information content (AvgIpc) is 3.08. The number of carboxylic acid groups (broad SMARTS) is 1. The van der Waals surface area contributed by atoms with Gasteiger partial charge < -0.3 is 9.84 Å². The summed E-state index contributed by atoms with van der Waals surface area (Å²) in [4.78, 5) is 10.6. The van der Waals surface area contributed by atoms with Crippen LogP contribution in [0, 0.1) is 11.6 Å². The molecule has 7 heteroatoms. The van der Waals surface area contributed by atoms with Gasteiger partial charge in [-0.15, -0.1) is 0 Å². The van der Waals surface area contributed by atoms with Crippen LogP contribution in [0.4, 0.5) is 8.78 Å². The van der Waals surface area contributed by atoms with Gasteiger partial charge in [-0.3, -0.25) is 4.79 Å². The maximum absolute atomic E-state index is 14.2. The fourth-order valence-corrected chi connectivity index (χ4v) is 2.53. The van der Waals surface area contributed by atoms with Crippen LogP contribution in [0.1, 0.15) is 17.7 Å². The van der Waals surface area contributed by atoms with Gasteiger partial charge in [0.2, 0.25) is 0 Å². The number of carboxylic acids is 1. The Morgan fingerprint density at radius 3 is 2.46 bits per heavy atom. The molecule has 0 aliphatic carbocycles. The summed E-state index contributed by atoms with van der Waals surface area (Å²) in [6.07, 6.45) is 1.42. The lowest BCUT2D eigenvalue weighted by atomic mass is 10.1. The van der Waals surface area contributed by atoms with Crippen molar-refractivity contribution in [2.75, 3.05) is 0 Å². The average molecular weight is 358 g/mol. The van der Waals surface area contributed by atoms with E-state index >= 15 is 0 Å². The number of aliphatic carboxylic acids is 1. The minimum absolute atomic E-state index is 0.0459. The van der Waals surface area contributed by atoms with Crippen LogP contribution >= 0.6 is 0 Å². The fourth-order valence-electron chi connectivity index (χ4n) is 2.53. The van der Waals surface area contributed by atoms with Gasteiger partial charge in [-0.25, -0.2) is 13.5 Å². The van der Waals surface area contributed by atoms with Crippen molar-refractivity contribution in [2.24, 2.45) is 0 Å². The van der Waals surface area contributed by atoms with Gasteiger partial charge in [0.1, 0.15) is 6.61 Å². The molecule has 0 atom stereocenters. The Hall–Kier alpha value is -3.22. The number of aromatic nitrogens is 2. The summed E-state index contributed by atoms with van der Waals surface area (Å²) >= 11 is 0. The SMILES string of the molecule is O=C(O)CCc1cc(F)c(OCc2ccnn2-c2ccccc2)c(F)c1. The van der Waals surface area contributed by atoms with Crippen molar-refractivity contribution < 1.29 is 23.4 Å². The lowest BCUT2D eigenvalue weighted by Gasteiger charge is -2.11. The second-order valence-corrected chi connectivity index (χ2v) is 5.64. The first kappa shape index (κ1) is 17.6. The summed E-state index contributed by atoms with van der Waals surface area (Å²) in [6, 6.07) is 13.2. The van der Waals surface area contributed by atoms with E-state index in [2.05, 4.69) is 5.10 Å². The van der Waals surface area contributed by atoms with E-state index in [0.717, 1.165) is 17.8 Å². The Bertz CT molecular complexity index is 887. The van der Waals surface area contributed by atoms with Crippen molar-refractivity contribution in [3.8, 4) is 11.4 Å². The molecule has 3 aromatic rings. The van der Waals surface area contributed by atoms with Gasteiger partial charge in [-0.2, -0.15) is 5.10 Å². The molecule has 0 unspecified atom stereocenters. The molecule has 0 aliphatic heterocycles. The number of benzene rings is 2. The van der Waals surface area contributed by atoms with Crippen molar-refractivity contribution in [2.45, 2.75) is 19.4 Å². The Morgan fingerprint density at radius 1 is 1.12 bits per heavy atom. The van der Waals surface area contributed by atoms with E-state index in [1.165, 1.54) is 0 Å². The minimum Gasteiger partial charge on any atom is -0.481 e. The van der Waals surface area contributed by atoms with Crippen LogP contribution in [-0.2, 0) is 17.8 Å². The first-order chi connectivity index (χ1) is 12.5. The van der Waals surface area contributed by atoms with Gasteiger partial charge in [0, 0.05) is 12.6 Å². The number of ether oxygens (including phenoxy) is 1. The summed E-state index contributed by atoms with van der Waals surface area (Å²) in [5.74, 6) is -3.25. The third-order valence-electron chi connectivity index (χ3n) is 3.77. The predicted molar refractivity (Wildman–Crippen MR) is 90.2 cm³/mol. The lowest BCUT2D eigenvalue weighted by Crippen LogP contribution is -2.07. The van der Waals surface area contributed by atoms with Crippen LogP contribution in [0.5, 0.6) is 5.75 Å². The monoisotopic (exact) mass is 358 g/mol. The van der Waals surface area contributed by atoms with Crippen molar-refractivity contribution in [3.05, 3.63) is 77.6 Å². The van der Waals surface area contributed by atoms with Crippen LogP contribution in [0.2, 0.25) is 0 Å². The molecular weight excluding hydrogens is 342 g/mol. The van der Waals surface area contributed by atoms with Crippen molar-refractivity contribution in [3.63, 3.8) is 0 Å². The van der Waals surface area contributed by atoms with Crippen molar-refractivity contribution in [1.82, 2.24) is 9.78 Å². The third-order valence-corrected chi connectivity index (χ3v) is 3.77. The van der Waals surface area contributed by atoms with Crippen LogP contribution in [0.15, 0.2) is 54.7 Å². The summed E-state index contributed by atoms with van der Waals surface area (Å²) < 4.78 is 35.3. The van der Waals surface area contributed by atoms with E-state index < -0.39 is 23.4 Å².